The van der Waals surface area contributed by atoms with Gasteiger partial charge in [-0.3, -0.25) is 4.98 Å². The maximum Gasteiger partial charge on any atom is 0.170 e. The highest BCUT2D eigenvalue weighted by Gasteiger charge is 2.45. The second kappa shape index (κ2) is 13.1. The fourth-order valence-corrected chi connectivity index (χ4v) is 8.85. The first kappa shape index (κ1) is 32.8. The molecule has 4 nitrogen and oxygen atoms in total. The molecule has 6 aromatic rings. The molecule has 3 aliphatic rings. The first-order chi connectivity index (χ1) is 25.9. The van der Waals surface area contributed by atoms with Crippen molar-refractivity contribution in [3.8, 4) is 11.1 Å². The number of nitrogens with one attached hydrogen (secondary N) is 1. The molecule has 1 N–H and O–H groups in total. The zero-order chi connectivity index (χ0) is 36.1. The molecule has 0 fully saturated rings. The quantitative estimate of drug-likeness (QED) is 0.177. The van der Waals surface area contributed by atoms with E-state index in [0.717, 1.165) is 67.8 Å². The first-order valence-corrected chi connectivity index (χ1v) is 18.6. The van der Waals surface area contributed by atoms with Crippen molar-refractivity contribution >= 4 is 51.6 Å². The van der Waals surface area contributed by atoms with Crippen molar-refractivity contribution in [2.45, 2.75) is 38.8 Å². The summed E-state index contributed by atoms with van der Waals surface area (Å²) in [6.07, 6.45) is 15.9. The summed E-state index contributed by atoms with van der Waals surface area (Å²) in [5, 5.41) is 7.25. The molecule has 53 heavy (non-hydrogen) atoms. The van der Waals surface area contributed by atoms with E-state index in [1.807, 2.05) is 24.4 Å². The van der Waals surface area contributed by atoms with Crippen LogP contribution in [0.2, 0.25) is 0 Å². The summed E-state index contributed by atoms with van der Waals surface area (Å²) < 4.78 is 0. The molecule has 9 rings (SSSR count). The third-order valence-electron chi connectivity index (χ3n) is 11.4. The van der Waals surface area contributed by atoms with Gasteiger partial charge in [-0.2, -0.15) is 0 Å². The Kier molecular flexibility index (Phi) is 8.11. The van der Waals surface area contributed by atoms with Crippen LogP contribution in [0.3, 0.4) is 0 Å². The van der Waals surface area contributed by atoms with E-state index < -0.39 is 6.17 Å². The average molecular weight is 687 g/mol. The molecule has 5 aromatic carbocycles. The van der Waals surface area contributed by atoms with Crippen molar-refractivity contribution in [1.29, 1.82) is 0 Å². The fourth-order valence-electron chi connectivity index (χ4n) is 8.85. The third kappa shape index (κ3) is 5.66. The van der Waals surface area contributed by atoms with Crippen LogP contribution in [-0.2, 0) is 5.41 Å². The van der Waals surface area contributed by atoms with Crippen molar-refractivity contribution in [3.63, 3.8) is 0 Å². The number of benzene rings is 5. The molecule has 1 aliphatic heterocycles. The number of hydrogen-bond donors (Lipinski definition) is 1. The molecular weight excluding hydrogens is 645 g/mol. The molecular formula is C49H42N4. The van der Waals surface area contributed by atoms with Gasteiger partial charge in [0.2, 0.25) is 0 Å². The molecule has 2 heterocycles. The van der Waals surface area contributed by atoms with Gasteiger partial charge in [0.05, 0.1) is 5.52 Å². The largest absolute Gasteiger partial charge is 0.325 e. The van der Waals surface area contributed by atoms with E-state index in [0.29, 0.717) is 5.92 Å². The van der Waals surface area contributed by atoms with E-state index in [9.17, 15) is 0 Å². The minimum absolute atomic E-state index is 0.0624. The van der Waals surface area contributed by atoms with Gasteiger partial charge in [0, 0.05) is 45.2 Å². The number of aromatic nitrogens is 1. The molecule has 0 bridgehead atoms. The molecule has 0 saturated heterocycles. The Hall–Kier alpha value is -6.13. The number of fused-ring (bicyclic) bond motifs is 5. The average Bonchev–Trinajstić information content (AvgIpc) is 3.20. The summed E-state index contributed by atoms with van der Waals surface area (Å²) in [6, 6.07) is 38.8. The van der Waals surface area contributed by atoms with E-state index in [2.05, 4.69) is 160 Å². The van der Waals surface area contributed by atoms with Crippen LogP contribution in [0.4, 0.5) is 0 Å². The van der Waals surface area contributed by atoms with Gasteiger partial charge in [-0.25, -0.2) is 9.98 Å². The predicted molar refractivity (Wildman–Crippen MR) is 224 cm³/mol. The van der Waals surface area contributed by atoms with E-state index >= 15 is 0 Å². The van der Waals surface area contributed by atoms with Gasteiger partial charge in [0.15, 0.2) is 6.17 Å². The number of aliphatic imine (C=N–C) groups is 2. The summed E-state index contributed by atoms with van der Waals surface area (Å²) in [6.45, 7) is 11.1. The Morgan fingerprint density at radius 3 is 2.34 bits per heavy atom. The minimum Gasteiger partial charge on any atom is -0.325 e. The van der Waals surface area contributed by atoms with Gasteiger partial charge in [-0.1, -0.05) is 142 Å². The van der Waals surface area contributed by atoms with E-state index in [4.69, 9.17) is 15.0 Å². The number of pyridine rings is 1. The van der Waals surface area contributed by atoms with Crippen LogP contribution in [0.25, 0.3) is 51.0 Å². The lowest BCUT2D eigenvalue weighted by molar-refractivity contribution is 0.307. The summed E-state index contributed by atoms with van der Waals surface area (Å²) in [5.41, 5.74) is 11.2. The van der Waals surface area contributed by atoms with Crippen LogP contribution in [0.15, 0.2) is 156 Å². The van der Waals surface area contributed by atoms with Crippen molar-refractivity contribution in [1.82, 2.24) is 10.3 Å². The Bertz CT molecular complexity index is 2580. The van der Waals surface area contributed by atoms with Crippen LogP contribution in [-0.4, -0.2) is 16.7 Å². The van der Waals surface area contributed by atoms with Gasteiger partial charge in [0.1, 0.15) is 11.7 Å². The van der Waals surface area contributed by atoms with Crippen molar-refractivity contribution in [2.75, 3.05) is 0 Å². The number of allylic oxidation sites excluding steroid dienone is 3. The monoisotopic (exact) mass is 686 g/mol. The number of rotatable bonds is 6. The summed E-state index contributed by atoms with van der Waals surface area (Å²) in [4.78, 5) is 15.6. The smallest absolute Gasteiger partial charge is 0.170 e. The minimum atomic E-state index is -0.483. The van der Waals surface area contributed by atoms with Crippen molar-refractivity contribution in [2.24, 2.45) is 21.8 Å². The predicted octanol–water partition coefficient (Wildman–Crippen LogP) is 11.7. The van der Waals surface area contributed by atoms with Crippen LogP contribution in [0.5, 0.6) is 0 Å². The highest BCUT2D eigenvalue weighted by molar-refractivity contribution is 6.18. The highest BCUT2D eigenvalue weighted by atomic mass is 15.2. The number of nitrogens with zero attached hydrogens (tertiary/aromatic N) is 3. The lowest BCUT2D eigenvalue weighted by Crippen LogP contribution is -2.45. The summed E-state index contributed by atoms with van der Waals surface area (Å²) >= 11 is 0. The SMILES string of the molecule is C=Cc1c([C@H]2N=C(C3=Cc4ccccc4C4(C)CC(C)C=CC34)NC(c3ccc(-c4cnc5ccccc5c4)cc3)=N2)cc2ccccc2c1/C=C\C. The molecule has 3 unspecified atom stereocenters. The van der Waals surface area contributed by atoms with E-state index in [-0.39, 0.29) is 11.3 Å². The molecule has 0 amide bonds. The van der Waals surface area contributed by atoms with Crippen molar-refractivity contribution < 1.29 is 0 Å². The topological polar surface area (TPSA) is 49.6 Å². The lowest BCUT2D eigenvalue weighted by atomic mass is 9.58. The number of amidine groups is 2. The summed E-state index contributed by atoms with van der Waals surface area (Å²) in [7, 11) is 0. The standard InChI is InChI=1S/C49H42N4/c1-5-13-40-38(6-2)41(27-34-14-7-10-17-39(34)40)47-51-46(33-23-21-32(22-24-33)37-26-36-16-9-12-19-45(36)50-30-37)52-48(53-47)42-28-35-15-8-11-18-43(35)49(4)29-31(3)20-25-44(42)49/h5-28,30-31,44,47H,2,29H2,1,3-4H3,(H,51,52,53)/b13-5-/t31?,44?,47-,49?/m1/s1. The Balaban J connectivity index is 1.20. The maximum absolute atomic E-state index is 5.51. The van der Waals surface area contributed by atoms with Crippen LogP contribution >= 0.6 is 0 Å². The van der Waals surface area contributed by atoms with Crippen LogP contribution < -0.4 is 5.32 Å². The molecule has 0 saturated carbocycles. The number of hydrogen-bond acceptors (Lipinski definition) is 4. The molecule has 4 atom stereocenters. The van der Waals surface area contributed by atoms with Crippen LogP contribution in [0.1, 0.15) is 66.7 Å². The summed E-state index contributed by atoms with van der Waals surface area (Å²) in [5.74, 6) is 2.32. The molecule has 258 valence electrons. The lowest BCUT2D eigenvalue weighted by Gasteiger charge is -2.46. The van der Waals surface area contributed by atoms with Gasteiger partial charge in [-0.05, 0) is 82.1 Å². The van der Waals surface area contributed by atoms with Crippen LogP contribution in [0, 0.1) is 11.8 Å². The Morgan fingerprint density at radius 1 is 0.774 bits per heavy atom. The highest BCUT2D eigenvalue weighted by Crippen LogP contribution is 2.51. The van der Waals surface area contributed by atoms with Gasteiger partial charge in [-0.15, -0.1) is 0 Å². The van der Waals surface area contributed by atoms with Gasteiger partial charge >= 0.3 is 0 Å². The third-order valence-corrected chi connectivity index (χ3v) is 11.4. The molecule has 1 aromatic heterocycles. The molecule has 4 heteroatoms. The maximum atomic E-state index is 5.51. The molecule has 0 spiro atoms. The second-order valence-corrected chi connectivity index (χ2v) is 14.8. The fraction of sp³-hybridized carbons (Fsp3) is 0.163. The first-order valence-electron chi connectivity index (χ1n) is 18.6. The zero-order valence-electron chi connectivity index (χ0n) is 30.4. The normalized spacial score (nSPS) is 22.1. The zero-order valence-corrected chi connectivity index (χ0v) is 30.4. The van der Waals surface area contributed by atoms with Gasteiger partial charge < -0.3 is 5.32 Å². The van der Waals surface area contributed by atoms with Gasteiger partial charge in [0.25, 0.3) is 0 Å². The van der Waals surface area contributed by atoms with E-state index in [1.54, 1.807) is 0 Å². The Morgan fingerprint density at radius 2 is 1.51 bits per heavy atom. The Labute approximate surface area is 311 Å². The van der Waals surface area contributed by atoms with Crippen molar-refractivity contribution in [3.05, 3.63) is 179 Å². The molecule has 2 aliphatic carbocycles. The molecule has 0 radical (unpaired) electrons. The number of para-hydroxylation sites is 1. The van der Waals surface area contributed by atoms with E-state index in [1.165, 1.54) is 22.1 Å². The second-order valence-electron chi connectivity index (χ2n) is 14.8.